The second-order valence-electron chi connectivity index (χ2n) is 8.47. The van der Waals surface area contributed by atoms with Crippen LogP contribution in [0, 0.1) is 6.92 Å². The van der Waals surface area contributed by atoms with E-state index in [1.165, 1.54) is 0 Å². The molecule has 2 aliphatic heterocycles. The van der Waals surface area contributed by atoms with Gasteiger partial charge < -0.3 is 14.2 Å². The van der Waals surface area contributed by atoms with Crippen LogP contribution in [0.1, 0.15) is 52.4 Å². The minimum atomic E-state index is -1.04. The molecule has 31 heavy (non-hydrogen) atoms. The number of hydrogen-bond acceptors (Lipinski definition) is 7. The summed E-state index contributed by atoms with van der Waals surface area (Å²) < 4.78 is 17.3. The molecule has 0 N–H and O–H groups in total. The summed E-state index contributed by atoms with van der Waals surface area (Å²) in [5.41, 5.74) is 1.10. The van der Waals surface area contributed by atoms with Crippen molar-refractivity contribution in [3.05, 3.63) is 70.1 Å². The molecule has 2 aromatic rings. The minimum Gasteiger partial charge on any atom is -0.487 e. The molecule has 7 nitrogen and oxygen atoms in total. The molecule has 5 rings (SSSR count). The number of carbonyl (C=O) groups is 3. The van der Waals surface area contributed by atoms with Crippen LogP contribution >= 0.6 is 0 Å². The van der Waals surface area contributed by atoms with Gasteiger partial charge in [0.15, 0.2) is 11.9 Å². The number of esters is 1. The van der Waals surface area contributed by atoms with Gasteiger partial charge in [-0.2, -0.15) is 0 Å². The van der Waals surface area contributed by atoms with Gasteiger partial charge in [0.05, 0.1) is 28.9 Å². The number of ether oxygens (including phenoxy) is 3. The van der Waals surface area contributed by atoms with E-state index in [0.29, 0.717) is 18.1 Å². The van der Waals surface area contributed by atoms with Gasteiger partial charge in [0.1, 0.15) is 24.2 Å². The lowest BCUT2D eigenvalue weighted by Gasteiger charge is -2.41. The Morgan fingerprint density at radius 1 is 1.13 bits per heavy atom. The third-order valence-corrected chi connectivity index (χ3v) is 5.90. The summed E-state index contributed by atoms with van der Waals surface area (Å²) in [5.74, 6) is -0.761. The van der Waals surface area contributed by atoms with Crippen molar-refractivity contribution in [3.63, 3.8) is 0 Å². The highest BCUT2D eigenvalue weighted by molar-refractivity contribution is 6.27. The Kier molecular flexibility index (Phi) is 4.34. The molecular formula is C24H21NO6. The molecule has 158 valence electrons. The van der Waals surface area contributed by atoms with E-state index in [9.17, 15) is 14.4 Å². The van der Waals surface area contributed by atoms with Crippen molar-refractivity contribution in [3.8, 4) is 5.75 Å². The number of rotatable bonds is 3. The standard InChI is InChI=1S/C24H21NO6/c1-12-15(29-11-13-7-5-4-6-8-13)9-14-20(25-12)22(28)18-19(21(14)27)24(2,3)31-16-10-17(26)30-23(16)18/h4-9,16,23H,10-11H2,1-3H3. The Hall–Kier alpha value is -3.32. The van der Waals surface area contributed by atoms with Crippen LogP contribution in [0.3, 0.4) is 0 Å². The summed E-state index contributed by atoms with van der Waals surface area (Å²) in [6.45, 7) is 5.50. The molecule has 0 saturated carbocycles. The summed E-state index contributed by atoms with van der Waals surface area (Å²) in [6, 6.07) is 11.2. The number of aryl methyl sites for hydroxylation is 1. The maximum absolute atomic E-state index is 13.5. The van der Waals surface area contributed by atoms with Crippen molar-refractivity contribution in [1.29, 1.82) is 0 Å². The molecule has 1 aliphatic carbocycles. The van der Waals surface area contributed by atoms with E-state index < -0.39 is 29.6 Å². The van der Waals surface area contributed by atoms with Crippen LogP contribution < -0.4 is 4.74 Å². The average molecular weight is 419 g/mol. The number of carbonyl (C=O) groups excluding carboxylic acids is 3. The van der Waals surface area contributed by atoms with Crippen molar-refractivity contribution in [1.82, 2.24) is 4.98 Å². The molecule has 7 heteroatoms. The fourth-order valence-corrected chi connectivity index (χ4v) is 4.50. The van der Waals surface area contributed by atoms with Gasteiger partial charge in [0.25, 0.3) is 0 Å². The van der Waals surface area contributed by atoms with Crippen molar-refractivity contribution < 1.29 is 28.6 Å². The predicted octanol–water partition coefficient (Wildman–Crippen LogP) is 3.14. The SMILES string of the molecule is Cc1nc2c(cc1OCc1ccccc1)C(=O)C1=C(C2=O)C2OC(=O)CC2OC1(C)C. The average Bonchev–Trinajstić information content (AvgIpc) is 3.09. The van der Waals surface area contributed by atoms with E-state index >= 15 is 0 Å². The van der Waals surface area contributed by atoms with E-state index in [1.807, 2.05) is 30.3 Å². The zero-order valence-corrected chi connectivity index (χ0v) is 17.4. The zero-order valence-electron chi connectivity index (χ0n) is 17.4. The number of fused-ring (bicyclic) bond motifs is 3. The maximum atomic E-state index is 13.5. The minimum absolute atomic E-state index is 0.0535. The summed E-state index contributed by atoms with van der Waals surface area (Å²) in [4.78, 5) is 43.2. The first-order valence-electron chi connectivity index (χ1n) is 10.2. The molecule has 1 fully saturated rings. The summed E-state index contributed by atoms with van der Waals surface area (Å²) in [5, 5.41) is 0. The Balaban J connectivity index is 1.56. The van der Waals surface area contributed by atoms with E-state index in [0.717, 1.165) is 5.56 Å². The van der Waals surface area contributed by atoms with Crippen molar-refractivity contribution in [2.75, 3.05) is 0 Å². The number of benzene rings is 1. The highest BCUT2D eigenvalue weighted by Gasteiger charge is 2.55. The number of Topliss-reactive ketones (excluding diaryl/α,β-unsaturated/α-hetero) is 2. The molecule has 3 heterocycles. The van der Waals surface area contributed by atoms with Gasteiger partial charge in [-0.1, -0.05) is 30.3 Å². The molecular weight excluding hydrogens is 398 g/mol. The summed E-state index contributed by atoms with van der Waals surface area (Å²) in [6.07, 6.45) is -1.41. The first-order valence-corrected chi connectivity index (χ1v) is 10.2. The highest BCUT2D eigenvalue weighted by Crippen LogP contribution is 2.45. The second kappa shape index (κ2) is 6.85. The first-order chi connectivity index (χ1) is 14.8. The van der Waals surface area contributed by atoms with Gasteiger partial charge in [-0.15, -0.1) is 0 Å². The van der Waals surface area contributed by atoms with Crippen molar-refractivity contribution in [2.24, 2.45) is 0 Å². The molecule has 0 amide bonds. The van der Waals surface area contributed by atoms with Crippen LogP contribution in [0.5, 0.6) is 5.75 Å². The Morgan fingerprint density at radius 2 is 1.87 bits per heavy atom. The third kappa shape index (κ3) is 3.08. The van der Waals surface area contributed by atoms with Crippen LogP contribution in [0.15, 0.2) is 47.5 Å². The highest BCUT2D eigenvalue weighted by atomic mass is 16.6. The van der Waals surface area contributed by atoms with E-state index in [1.54, 1.807) is 26.8 Å². The number of aromatic nitrogens is 1. The van der Waals surface area contributed by atoms with Crippen LogP contribution in [0.4, 0.5) is 0 Å². The second-order valence-corrected chi connectivity index (χ2v) is 8.47. The fraction of sp³-hybridized carbons (Fsp3) is 0.333. The van der Waals surface area contributed by atoms with Crippen molar-refractivity contribution >= 4 is 17.5 Å². The lowest BCUT2D eigenvalue weighted by molar-refractivity contribution is -0.141. The Labute approximate surface area is 179 Å². The zero-order chi connectivity index (χ0) is 21.9. The predicted molar refractivity (Wildman–Crippen MR) is 109 cm³/mol. The van der Waals surface area contributed by atoms with Crippen LogP contribution in [-0.4, -0.2) is 40.3 Å². The fourth-order valence-electron chi connectivity index (χ4n) is 4.50. The van der Waals surface area contributed by atoms with Crippen LogP contribution in [0.25, 0.3) is 0 Å². The number of nitrogens with zero attached hydrogens (tertiary/aromatic N) is 1. The van der Waals surface area contributed by atoms with E-state index in [4.69, 9.17) is 14.2 Å². The molecule has 2 atom stereocenters. The van der Waals surface area contributed by atoms with Gasteiger partial charge >= 0.3 is 5.97 Å². The number of ketones is 2. The van der Waals surface area contributed by atoms with Gasteiger partial charge in [0.2, 0.25) is 5.78 Å². The van der Waals surface area contributed by atoms with E-state index in [2.05, 4.69) is 4.98 Å². The Bertz CT molecular complexity index is 1160. The van der Waals surface area contributed by atoms with Gasteiger partial charge in [-0.05, 0) is 32.4 Å². The largest absolute Gasteiger partial charge is 0.487 e. The van der Waals surface area contributed by atoms with Crippen LogP contribution in [0.2, 0.25) is 0 Å². The molecule has 0 spiro atoms. The van der Waals surface area contributed by atoms with Crippen molar-refractivity contribution in [2.45, 2.75) is 51.6 Å². The molecule has 1 aromatic carbocycles. The first kappa shape index (κ1) is 19.6. The maximum Gasteiger partial charge on any atom is 0.309 e. The quantitative estimate of drug-likeness (QED) is 0.706. The number of pyridine rings is 1. The van der Waals surface area contributed by atoms with E-state index in [-0.39, 0.29) is 34.6 Å². The lowest BCUT2D eigenvalue weighted by atomic mass is 9.74. The Morgan fingerprint density at radius 3 is 2.61 bits per heavy atom. The summed E-state index contributed by atoms with van der Waals surface area (Å²) in [7, 11) is 0. The molecule has 0 radical (unpaired) electrons. The lowest BCUT2D eigenvalue weighted by Crippen LogP contribution is -2.50. The third-order valence-electron chi connectivity index (χ3n) is 5.90. The molecule has 2 unspecified atom stereocenters. The topological polar surface area (TPSA) is 91.8 Å². The monoisotopic (exact) mass is 419 g/mol. The van der Waals surface area contributed by atoms with Gasteiger partial charge in [-0.25, -0.2) is 4.98 Å². The van der Waals surface area contributed by atoms with Crippen LogP contribution in [-0.2, 0) is 20.9 Å². The number of hydrogen-bond donors (Lipinski definition) is 0. The molecule has 1 aromatic heterocycles. The molecule has 3 aliphatic rings. The smallest absolute Gasteiger partial charge is 0.309 e. The summed E-state index contributed by atoms with van der Waals surface area (Å²) >= 11 is 0. The molecule has 0 bridgehead atoms. The van der Waals surface area contributed by atoms with Gasteiger partial charge in [-0.3, -0.25) is 14.4 Å². The molecule has 1 saturated heterocycles. The normalized spacial score (nSPS) is 23.8. The van der Waals surface area contributed by atoms with Gasteiger partial charge in [0, 0.05) is 5.57 Å².